The third-order valence-electron chi connectivity index (χ3n) is 4.46. The van der Waals surface area contributed by atoms with E-state index < -0.39 is 6.04 Å². The molecule has 124 valence electrons. The van der Waals surface area contributed by atoms with Gasteiger partial charge in [-0.2, -0.15) is 0 Å². The Bertz CT molecular complexity index is 752. The number of aryl methyl sites for hydroxylation is 2. The lowest BCUT2D eigenvalue weighted by Gasteiger charge is -2.19. The zero-order chi connectivity index (χ0) is 17.1. The van der Waals surface area contributed by atoms with Gasteiger partial charge in [-0.15, -0.1) is 0 Å². The van der Waals surface area contributed by atoms with Crippen molar-refractivity contribution in [2.24, 2.45) is 0 Å². The van der Waals surface area contributed by atoms with Gasteiger partial charge in [0.05, 0.1) is 12.1 Å². The summed E-state index contributed by atoms with van der Waals surface area (Å²) in [6.45, 7) is 4.12. The van der Waals surface area contributed by atoms with Gasteiger partial charge in [0.2, 0.25) is 5.91 Å². The molecule has 1 saturated heterocycles. The fraction of sp³-hybridized carbons (Fsp3) is 0.300. The Kier molecular flexibility index (Phi) is 4.65. The highest BCUT2D eigenvalue weighted by Crippen LogP contribution is 2.28. The molecule has 1 fully saturated rings. The van der Waals surface area contributed by atoms with Crippen LogP contribution in [0.2, 0.25) is 0 Å². The summed E-state index contributed by atoms with van der Waals surface area (Å²) in [6, 6.07) is 15.1. The fourth-order valence-corrected chi connectivity index (χ4v) is 3.06. The number of hydrogen-bond donors (Lipinski definition) is 1. The molecule has 3 rings (SSSR count). The van der Waals surface area contributed by atoms with Crippen molar-refractivity contribution in [3.05, 3.63) is 59.7 Å². The van der Waals surface area contributed by atoms with E-state index in [1.165, 1.54) is 10.5 Å². The standard InChI is InChI=1S/C20H22N2O2/c1-3-14-9-11-16(12-10-14)21-17-13-19(23)22(20(17)24)18-8-6-5-7-15(18)4-2/h5-12,17,21H,3-4,13H2,1-2H3. The molecule has 0 bridgehead atoms. The number of amides is 2. The van der Waals surface area contributed by atoms with Crippen LogP contribution < -0.4 is 10.2 Å². The molecule has 1 N–H and O–H groups in total. The maximum atomic E-state index is 12.8. The van der Waals surface area contributed by atoms with Crippen LogP contribution in [0.5, 0.6) is 0 Å². The van der Waals surface area contributed by atoms with Crippen LogP contribution in [0.15, 0.2) is 48.5 Å². The molecule has 1 aliphatic rings. The van der Waals surface area contributed by atoms with E-state index >= 15 is 0 Å². The van der Waals surface area contributed by atoms with E-state index in [2.05, 4.69) is 12.2 Å². The Morgan fingerprint density at radius 1 is 1.00 bits per heavy atom. The van der Waals surface area contributed by atoms with Crippen molar-refractivity contribution in [3.63, 3.8) is 0 Å². The molecule has 1 heterocycles. The number of anilines is 2. The minimum Gasteiger partial charge on any atom is -0.373 e. The lowest BCUT2D eigenvalue weighted by Crippen LogP contribution is -2.35. The van der Waals surface area contributed by atoms with E-state index in [9.17, 15) is 9.59 Å². The molecular formula is C20H22N2O2. The van der Waals surface area contributed by atoms with Crippen LogP contribution >= 0.6 is 0 Å². The van der Waals surface area contributed by atoms with Crippen molar-refractivity contribution in [3.8, 4) is 0 Å². The highest BCUT2D eigenvalue weighted by atomic mass is 16.2. The third-order valence-corrected chi connectivity index (χ3v) is 4.46. The van der Waals surface area contributed by atoms with Gasteiger partial charge in [-0.25, -0.2) is 4.90 Å². The molecule has 0 radical (unpaired) electrons. The van der Waals surface area contributed by atoms with E-state index in [0.717, 1.165) is 24.1 Å². The molecule has 1 unspecified atom stereocenters. The second kappa shape index (κ2) is 6.87. The van der Waals surface area contributed by atoms with E-state index in [1.807, 2.05) is 55.5 Å². The van der Waals surface area contributed by atoms with Gasteiger partial charge in [-0.3, -0.25) is 9.59 Å². The Morgan fingerprint density at radius 2 is 1.71 bits per heavy atom. The highest BCUT2D eigenvalue weighted by Gasteiger charge is 2.40. The number of carbonyl (C=O) groups excluding carboxylic acids is 2. The molecule has 2 amide bonds. The number of benzene rings is 2. The molecule has 4 heteroatoms. The summed E-state index contributed by atoms with van der Waals surface area (Å²) in [6.07, 6.45) is 1.94. The number of nitrogens with zero attached hydrogens (tertiary/aromatic N) is 1. The third kappa shape index (κ3) is 3.04. The van der Waals surface area contributed by atoms with Crippen LogP contribution in [0.3, 0.4) is 0 Å². The van der Waals surface area contributed by atoms with E-state index in [-0.39, 0.29) is 18.2 Å². The summed E-state index contributed by atoms with van der Waals surface area (Å²) in [5.74, 6) is -0.330. The van der Waals surface area contributed by atoms with Crippen molar-refractivity contribution < 1.29 is 9.59 Å². The van der Waals surface area contributed by atoms with Gasteiger partial charge in [0.25, 0.3) is 5.91 Å². The van der Waals surface area contributed by atoms with Gasteiger partial charge < -0.3 is 5.32 Å². The molecule has 4 nitrogen and oxygen atoms in total. The van der Waals surface area contributed by atoms with Crippen LogP contribution in [0.4, 0.5) is 11.4 Å². The van der Waals surface area contributed by atoms with Gasteiger partial charge in [0.15, 0.2) is 0 Å². The fourth-order valence-electron chi connectivity index (χ4n) is 3.06. The average molecular weight is 322 g/mol. The predicted molar refractivity (Wildman–Crippen MR) is 96.2 cm³/mol. The second-order valence-electron chi connectivity index (χ2n) is 6.00. The number of carbonyl (C=O) groups is 2. The summed E-state index contributed by atoms with van der Waals surface area (Å²) in [7, 11) is 0. The van der Waals surface area contributed by atoms with Crippen LogP contribution in [-0.2, 0) is 22.4 Å². The Morgan fingerprint density at radius 3 is 2.38 bits per heavy atom. The first-order valence-electron chi connectivity index (χ1n) is 8.44. The van der Waals surface area contributed by atoms with Crippen LogP contribution in [-0.4, -0.2) is 17.9 Å². The molecule has 0 spiro atoms. The molecule has 0 saturated carbocycles. The molecule has 0 aromatic heterocycles. The van der Waals surface area contributed by atoms with E-state index in [1.54, 1.807) is 0 Å². The zero-order valence-electron chi connectivity index (χ0n) is 14.1. The first-order valence-corrected chi connectivity index (χ1v) is 8.44. The van der Waals surface area contributed by atoms with Crippen LogP contribution in [0, 0.1) is 0 Å². The quantitative estimate of drug-likeness (QED) is 0.856. The van der Waals surface area contributed by atoms with Crippen molar-refractivity contribution >= 4 is 23.2 Å². The number of imide groups is 1. The van der Waals surface area contributed by atoms with Crippen molar-refractivity contribution in [2.45, 2.75) is 39.2 Å². The van der Waals surface area contributed by atoms with Gasteiger partial charge in [0.1, 0.15) is 6.04 Å². The van der Waals surface area contributed by atoms with E-state index in [4.69, 9.17) is 0 Å². The SMILES string of the molecule is CCc1ccc(NC2CC(=O)N(c3ccccc3CC)C2=O)cc1. The highest BCUT2D eigenvalue weighted by molar-refractivity contribution is 6.23. The molecule has 2 aromatic rings. The molecular weight excluding hydrogens is 300 g/mol. The van der Waals surface area contributed by atoms with Crippen molar-refractivity contribution in [1.29, 1.82) is 0 Å². The van der Waals surface area contributed by atoms with E-state index in [0.29, 0.717) is 5.69 Å². The maximum Gasteiger partial charge on any atom is 0.256 e. The number of nitrogens with one attached hydrogen (secondary N) is 1. The summed E-state index contributed by atoms with van der Waals surface area (Å²) in [5, 5.41) is 3.20. The molecule has 0 aliphatic carbocycles. The average Bonchev–Trinajstić information content (AvgIpc) is 2.89. The Balaban J connectivity index is 1.81. The second-order valence-corrected chi connectivity index (χ2v) is 6.00. The van der Waals surface area contributed by atoms with Crippen molar-refractivity contribution in [1.82, 2.24) is 0 Å². The monoisotopic (exact) mass is 322 g/mol. The minimum atomic E-state index is -0.505. The van der Waals surface area contributed by atoms with Gasteiger partial charge in [-0.1, -0.05) is 44.2 Å². The predicted octanol–water partition coefficient (Wildman–Crippen LogP) is 3.56. The van der Waals surface area contributed by atoms with Crippen LogP contribution in [0.25, 0.3) is 0 Å². The normalized spacial score (nSPS) is 17.4. The molecule has 1 atom stereocenters. The van der Waals surface area contributed by atoms with Crippen molar-refractivity contribution in [2.75, 3.05) is 10.2 Å². The topological polar surface area (TPSA) is 49.4 Å². The zero-order valence-corrected chi connectivity index (χ0v) is 14.1. The Hall–Kier alpha value is -2.62. The molecule has 24 heavy (non-hydrogen) atoms. The smallest absolute Gasteiger partial charge is 0.256 e. The summed E-state index contributed by atoms with van der Waals surface area (Å²) in [5.41, 5.74) is 3.82. The van der Waals surface area contributed by atoms with Gasteiger partial charge in [0, 0.05) is 5.69 Å². The maximum absolute atomic E-state index is 12.8. The van der Waals surface area contributed by atoms with Gasteiger partial charge in [-0.05, 0) is 42.2 Å². The van der Waals surface area contributed by atoms with Gasteiger partial charge >= 0.3 is 0 Å². The lowest BCUT2D eigenvalue weighted by atomic mass is 10.1. The lowest BCUT2D eigenvalue weighted by molar-refractivity contribution is -0.121. The summed E-state index contributed by atoms with van der Waals surface area (Å²) >= 11 is 0. The molecule has 2 aromatic carbocycles. The molecule has 1 aliphatic heterocycles. The first kappa shape index (κ1) is 16.2. The Labute approximate surface area is 142 Å². The first-order chi connectivity index (χ1) is 11.6. The number of rotatable bonds is 5. The number of hydrogen-bond acceptors (Lipinski definition) is 3. The number of para-hydroxylation sites is 1. The summed E-state index contributed by atoms with van der Waals surface area (Å²) < 4.78 is 0. The largest absolute Gasteiger partial charge is 0.373 e. The minimum absolute atomic E-state index is 0.149. The van der Waals surface area contributed by atoms with Crippen LogP contribution in [0.1, 0.15) is 31.4 Å². The summed E-state index contributed by atoms with van der Waals surface area (Å²) in [4.78, 5) is 26.5.